The second-order valence-electron chi connectivity index (χ2n) is 5.65. The van der Waals surface area contributed by atoms with Gasteiger partial charge in [-0.25, -0.2) is 0 Å². The fourth-order valence-electron chi connectivity index (χ4n) is 2.59. The maximum absolute atomic E-state index is 2.46. The lowest BCUT2D eigenvalue weighted by Gasteiger charge is -2.25. The van der Waals surface area contributed by atoms with Crippen molar-refractivity contribution in [3.05, 3.63) is 0 Å². The van der Waals surface area contributed by atoms with Crippen LogP contribution in [0.1, 0.15) is 79.6 Å². The van der Waals surface area contributed by atoms with Crippen LogP contribution < -0.4 is 0 Å². The van der Waals surface area contributed by atoms with Crippen LogP contribution in [0, 0.1) is 17.8 Å². The van der Waals surface area contributed by atoms with Gasteiger partial charge in [0.1, 0.15) is 0 Å². The predicted molar refractivity (Wildman–Crippen MR) is 71.2 cm³/mol. The molecule has 0 aliphatic carbocycles. The number of hydrogen-bond donors (Lipinski definition) is 0. The van der Waals surface area contributed by atoms with Crippen LogP contribution >= 0.6 is 0 Å². The molecule has 0 aromatic heterocycles. The summed E-state index contributed by atoms with van der Waals surface area (Å²) in [6.07, 6.45) is 9.90. The molecule has 0 amide bonds. The molecule has 0 aliphatic rings. The Balaban J connectivity index is 3.93. The second-order valence-corrected chi connectivity index (χ2v) is 5.65. The van der Waals surface area contributed by atoms with Crippen LogP contribution in [0.5, 0.6) is 0 Å². The first-order valence-electron chi connectivity index (χ1n) is 7.11. The van der Waals surface area contributed by atoms with Crippen LogP contribution in [0.25, 0.3) is 0 Å². The molecule has 2 atom stereocenters. The van der Waals surface area contributed by atoms with Gasteiger partial charge in [-0.1, -0.05) is 73.1 Å². The highest BCUT2D eigenvalue weighted by molar-refractivity contribution is 4.68. The first kappa shape index (κ1) is 15.0. The molecule has 0 saturated heterocycles. The molecule has 0 radical (unpaired) electrons. The van der Waals surface area contributed by atoms with Crippen molar-refractivity contribution in [1.82, 2.24) is 0 Å². The Morgan fingerprint density at radius 1 is 0.800 bits per heavy atom. The van der Waals surface area contributed by atoms with Crippen molar-refractivity contribution in [2.24, 2.45) is 17.8 Å². The summed E-state index contributed by atoms with van der Waals surface area (Å²) in [5.74, 6) is 2.79. The molecule has 0 N–H and O–H groups in total. The van der Waals surface area contributed by atoms with Crippen LogP contribution in [0.4, 0.5) is 0 Å². The quantitative estimate of drug-likeness (QED) is 0.432. The van der Waals surface area contributed by atoms with Gasteiger partial charge in [0.2, 0.25) is 0 Å². The third kappa shape index (κ3) is 7.88. The normalized spacial score (nSPS) is 15.6. The average Bonchev–Trinajstić information content (AvgIpc) is 2.16. The van der Waals surface area contributed by atoms with Crippen LogP contribution in [0.2, 0.25) is 0 Å². The van der Waals surface area contributed by atoms with E-state index in [-0.39, 0.29) is 0 Å². The maximum atomic E-state index is 2.46. The number of rotatable bonds is 9. The van der Waals surface area contributed by atoms with Gasteiger partial charge in [0.05, 0.1) is 0 Å². The highest BCUT2D eigenvalue weighted by Gasteiger charge is 2.17. The van der Waals surface area contributed by atoms with E-state index in [2.05, 4.69) is 34.6 Å². The zero-order chi connectivity index (χ0) is 11.7. The minimum atomic E-state index is 0.871. The summed E-state index contributed by atoms with van der Waals surface area (Å²) in [5.41, 5.74) is 0. The topological polar surface area (TPSA) is 0 Å². The summed E-state index contributed by atoms with van der Waals surface area (Å²) in [6.45, 7) is 11.8. The predicted octanol–water partition coefficient (Wildman–Crippen LogP) is 5.67. The highest BCUT2D eigenvalue weighted by atomic mass is 14.2. The van der Waals surface area contributed by atoms with E-state index in [1.54, 1.807) is 0 Å². The Hall–Kier alpha value is 0. The lowest BCUT2D eigenvalue weighted by atomic mass is 9.81. The van der Waals surface area contributed by atoms with Crippen molar-refractivity contribution in [2.45, 2.75) is 79.6 Å². The van der Waals surface area contributed by atoms with E-state index in [1.807, 2.05) is 0 Å². The third-order valence-electron chi connectivity index (χ3n) is 3.50. The van der Waals surface area contributed by atoms with Gasteiger partial charge in [-0.05, 0) is 24.2 Å². The summed E-state index contributed by atoms with van der Waals surface area (Å²) in [4.78, 5) is 0. The van der Waals surface area contributed by atoms with Crippen molar-refractivity contribution >= 4 is 0 Å². The van der Waals surface area contributed by atoms with E-state index in [0.717, 1.165) is 17.8 Å². The van der Waals surface area contributed by atoms with Gasteiger partial charge in [-0.2, -0.15) is 0 Å². The Morgan fingerprint density at radius 3 is 1.93 bits per heavy atom. The SMILES string of the molecule is CCCCCC(CC(C)C)C(C)CCC. The molecule has 0 saturated carbocycles. The molecule has 0 aromatic rings. The zero-order valence-electron chi connectivity index (χ0n) is 11.7. The molecule has 15 heavy (non-hydrogen) atoms. The van der Waals surface area contributed by atoms with Crippen molar-refractivity contribution in [2.75, 3.05) is 0 Å². The second kappa shape index (κ2) is 9.24. The van der Waals surface area contributed by atoms with Crippen LogP contribution in [0.15, 0.2) is 0 Å². The van der Waals surface area contributed by atoms with Crippen LogP contribution in [-0.4, -0.2) is 0 Å². The Bertz CT molecular complexity index is 126. The molecular formula is C15H32. The van der Waals surface area contributed by atoms with E-state index in [0.29, 0.717) is 0 Å². The lowest BCUT2D eigenvalue weighted by Crippen LogP contribution is -2.14. The molecule has 0 heterocycles. The Morgan fingerprint density at radius 2 is 1.47 bits per heavy atom. The molecule has 0 bridgehead atoms. The van der Waals surface area contributed by atoms with Gasteiger partial charge >= 0.3 is 0 Å². The van der Waals surface area contributed by atoms with Crippen molar-refractivity contribution in [3.63, 3.8) is 0 Å². The molecule has 0 aromatic carbocycles. The Kier molecular flexibility index (Phi) is 9.24. The van der Waals surface area contributed by atoms with E-state index in [9.17, 15) is 0 Å². The van der Waals surface area contributed by atoms with Crippen molar-refractivity contribution in [3.8, 4) is 0 Å². The Labute approximate surface area is 97.8 Å². The smallest absolute Gasteiger partial charge is 0.0386 e. The van der Waals surface area contributed by atoms with Gasteiger partial charge in [0.15, 0.2) is 0 Å². The standard InChI is InChI=1S/C15H32/c1-6-8-9-11-15(12-13(3)4)14(5)10-7-2/h13-15H,6-12H2,1-5H3. The van der Waals surface area contributed by atoms with E-state index >= 15 is 0 Å². The first-order valence-corrected chi connectivity index (χ1v) is 7.11. The minimum Gasteiger partial charge on any atom is -0.0654 e. The molecule has 0 spiro atoms. The molecule has 0 nitrogen and oxygen atoms in total. The van der Waals surface area contributed by atoms with Crippen LogP contribution in [0.3, 0.4) is 0 Å². The summed E-state index contributed by atoms with van der Waals surface area (Å²) in [7, 11) is 0. The maximum Gasteiger partial charge on any atom is -0.0386 e. The number of hydrogen-bond acceptors (Lipinski definition) is 0. The number of unbranched alkanes of at least 4 members (excludes halogenated alkanes) is 2. The van der Waals surface area contributed by atoms with Crippen molar-refractivity contribution < 1.29 is 0 Å². The largest absolute Gasteiger partial charge is 0.0654 e. The molecule has 0 aliphatic heterocycles. The van der Waals surface area contributed by atoms with Crippen LogP contribution in [-0.2, 0) is 0 Å². The van der Waals surface area contributed by atoms with Crippen molar-refractivity contribution in [1.29, 1.82) is 0 Å². The summed E-state index contributed by atoms with van der Waals surface area (Å²) in [5, 5.41) is 0. The lowest BCUT2D eigenvalue weighted by molar-refractivity contribution is 0.260. The molecule has 92 valence electrons. The molecular weight excluding hydrogens is 180 g/mol. The van der Waals surface area contributed by atoms with Gasteiger partial charge in [0, 0.05) is 0 Å². The van der Waals surface area contributed by atoms with Gasteiger partial charge in [-0.15, -0.1) is 0 Å². The van der Waals surface area contributed by atoms with E-state index in [1.165, 1.54) is 44.9 Å². The fourth-order valence-corrected chi connectivity index (χ4v) is 2.59. The molecule has 0 heteroatoms. The summed E-state index contributed by atoms with van der Waals surface area (Å²) >= 11 is 0. The van der Waals surface area contributed by atoms with Gasteiger partial charge in [-0.3, -0.25) is 0 Å². The van der Waals surface area contributed by atoms with E-state index in [4.69, 9.17) is 0 Å². The van der Waals surface area contributed by atoms with Gasteiger partial charge in [0.25, 0.3) is 0 Å². The molecule has 0 rings (SSSR count). The average molecular weight is 212 g/mol. The monoisotopic (exact) mass is 212 g/mol. The first-order chi connectivity index (χ1) is 7.11. The van der Waals surface area contributed by atoms with Gasteiger partial charge < -0.3 is 0 Å². The third-order valence-corrected chi connectivity index (χ3v) is 3.50. The fraction of sp³-hybridized carbons (Fsp3) is 1.00. The summed E-state index contributed by atoms with van der Waals surface area (Å²) in [6, 6.07) is 0. The highest BCUT2D eigenvalue weighted by Crippen LogP contribution is 2.28. The molecule has 0 fully saturated rings. The minimum absolute atomic E-state index is 0.871. The van der Waals surface area contributed by atoms with E-state index < -0.39 is 0 Å². The zero-order valence-corrected chi connectivity index (χ0v) is 11.7. The molecule has 2 unspecified atom stereocenters. The summed E-state index contributed by atoms with van der Waals surface area (Å²) < 4.78 is 0.